The summed E-state index contributed by atoms with van der Waals surface area (Å²) in [6.45, 7) is 15.4. The van der Waals surface area contributed by atoms with Gasteiger partial charge in [-0.15, -0.1) is 0 Å². The lowest BCUT2D eigenvalue weighted by Crippen LogP contribution is -2.16. The second kappa shape index (κ2) is 24.5. The summed E-state index contributed by atoms with van der Waals surface area (Å²) in [5.74, 6) is 3.11. The van der Waals surface area contributed by atoms with Gasteiger partial charge in [0.2, 0.25) is 0 Å². The minimum absolute atomic E-state index is 0.0892. The molecule has 0 spiro atoms. The van der Waals surface area contributed by atoms with Gasteiger partial charge in [0, 0.05) is 47.8 Å². The van der Waals surface area contributed by atoms with E-state index in [1.54, 1.807) is 33.4 Å². The highest BCUT2D eigenvalue weighted by Gasteiger charge is 2.21. The van der Waals surface area contributed by atoms with Gasteiger partial charge in [-0.25, -0.2) is 0 Å². The molecule has 1 saturated carbocycles. The topological polar surface area (TPSA) is 91.6 Å². The highest BCUT2D eigenvalue weighted by molar-refractivity contribution is 6.00. The van der Waals surface area contributed by atoms with Crippen LogP contribution in [-0.2, 0) is 38.9 Å². The lowest BCUT2D eigenvalue weighted by atomic mass is 9.85. The van der Waals surface area contributed by atoms with Crippen LogP contribution in [0.2, 0.25) is 0 Å². The van der Waals surface area contributed by atoms with Crippen molar-refractivity contribution in [3.8, 4) is 23.0 Å². The van der Waals surface area contributed by atoms with Crippen molar-refractivity contribution >= 4 is 35.2 Å². The van der Waals surface area contributed by atoms with Crippen molar-refractivity contribution in [2.24, 2.45) is 27.7 Å². The molecule has 3 unspecified atom stereocenters. The Bertz CT molecular complexity index is 2500. The summed E-state index contributed by atoms with van der Waals surface area (Å²) < 4.78 is 24.6. The van der Waals surface area contributed by atoms with E-state index >= 15 is 0 Å². The molecule has 0 N–H and O–H groups in total. The molecular weight excluding hydrogens is 819 g/mol. The third-order valence-corrected chi connectivity index (χ3v) is 13.3. The average Bonchev–Trinajstić information content (AvgIpc) is 3.32. The maximum atomic E-state index is 12.9. The number of aromatic nitrogens is 1. The summed E-state index contributed by atoms with van der Waals surface area (Å²) in [5.41, 5.74) is 12.9. The molecule has 4 aromatic carbocycles. The maximum absolute atomic E-state index is 12.9. The molecule has 0 saturated heterocycles. The Morgan fingerprint density at radius 1 is 0.697 bits per heavy atom. The number of rotatable bonds is 24. The van der Waals surface area contributed by atoms with Crippen LogP contribution in [-0.4, -0.2) is 37.4 Å². The van der Waals surface area contributed by atoms with Crippen molar-refractivity contribution in [3.05, 3.63) is 141 Å². The average molecular weight is 890 g/mol. The van der Waals surface area contributed by atoms with Crippen LogP contribution in [0, 0.1) is 17.8 Å². The van der Waals surface area contributed by atoms with Crippen molar-refractivity contribution < 1.29 is 23.7 Å². The summed E-state index contributed by atoms with van der Waals surface area (Å²) in [4.78, 5) is 27.7. The number of carbonyl (C=O) groups is 1. The molecule has 66 heavy (non-hydrogen) atoms. The standard InChI is InChI=1S/C58H71N3O5/c1-10-19-42(28-47-22-16-14-20-44(47)12-3)35-60-54-34-57(56(64-9)32-52(54)41(7)62)65-37-43-26-27-59-50(29-43)38-66-58-33-53(51(31-55(58)63-8)40(6)46-24-18-25-46)61-36-49(39(5)11-2)30-48-23-17-15-21-45(48)13-4/h14-17,20-23,26-27,29,31-36,39,42,49H,10-13,18-19,24-25,28,30,37-38H2,1-9H3. The van der Waals surface area contributed by atoms with Crippen molar-refractivity contribution in [1.82, 2.24) is 4.98 Å². The van der Waals surface area contributed by atoms with Crippen molar-refractivity contribution in [3.63, 3.8) is 0 Å². The van der Waals surface area contributed by atoms with Crippen LogP contribution in [0.1, 0.15) is 136 Å². The lowest BCUT2D eigenvalue weighted by Gasteiger charge is -2.23. The van der Waals surface area contributed by atoms with Gasteiger partial charge in [0.1, 0.15) is 13.2 Å². The van der Waals surface area contributed by atoms with Gasteiger partial charge >= 0.3 is 0 Å². The molecule has 1 aliphatic carbocycles. The first kappa shape index (κ1) is 49.4. The van der Waals surface area contributed by atoms with E-state index in [0.29, 0.717) is 40.2 Å². The third-order valence-electron chi connectivity index (χ3n) is 13.3. The lowest BCUT2D eigenvalue weighted by molar-refractivity contribution is 0.101. The molecule has 0 amide bonds. The highest BCUT2D eigenvalue weighted by Crippen LogP contribution is 2.43. The van der Waals surface area contributed by atoms with E-state index in [9.17, 15) is 4.79 Å². The number of aryl methyl sites for hydroxylation is 2. The fourth-order valence-corrected chi connectivity index (χ4v) is 8.77. The molecule has 5 aromatic rings. The van der Waals surface area contributed by atoms with E-state index in [1.165, 1.54) is 39.8 Å². The molecule has 0 aliphatic heterocycles. The minimum Gasteiger partial charge on any atom is -0.493 e. The van der Waals surface area contributed by atoms with Gasteiger partial charge in [0.05, 0.1) is 31.3 Å². The van der Waals surface area contributed by atoms with Gasteiger partial charge in [0.15, 0.2) is 28.8 Å². The maximum Gasteiger partial charge on any atom is 0.163 e. The molecule has 0 bridgehead atoms. The van der Waals surface area contributed by atoms with Crippen LogP contribution in [0.3, 0.4) is 0 Å². The second-order valence-corrected chi connectivity index (χ2v) is 17.7. The van der Waals surface area contributed by atoms with Crippen LogP contribution in [0.15, 0.2) is 107 Å². The number of carbonyl (C=O) groups excluding carboxylic acids is 1. The zero-order valence-corrected chi connectivity index (χ0v) is 40.9. The Kier molecular flexibility index (Phi) is 18.3. The number of ketones is 1. The van der Waals surface area contributed by atoms with E-state index < -0.39 is 0 Å². The number of methoxy groups -OCH3 is 2. The fourth-order valence-electron chi connectivity index (χ4n) is 8.77. The van der Waals surface area contributed by atoms with Crippen LogP contribution in [0.25, 0.3) is 5.57 Å². The molecule has 0 radical (unpaired) electrons. The van der Waals surface area contributed by atoms with Gasteiger partial charge in [-0.3, -0.25) is 19.8 Å². The van der Waals surface area contributed by atoms with Gasteiger partial charge in [0.25, 0.3) is 0 Å². The second-order valence-electron chi connectivity index (χ2n) is 17.7. The van der Waals surface area contributed by atoms with E-state index in [1.807, 2.05) is 30.5 Å². The molecular formula is C58H71N3O5. The number of allylic oxidation sites excluding steroid dienone is 2. The number of ether oxygens (including phenoxy) is 4. The Labute approximate surface area is 394 Å². The van der Waals surface area contributed by atoms with Crippen molar-refractivity contribution in [1.29, 1.82) is 0 Å². The van der Waals surface area contributed by atoms with Crippen LogP contribution < -0.4 is 18.9 Å². The zero-order valence-electron chi connectivity index (χ0n) is 40.9. The molecule has 3 atom stereocenters. The van der Waals surface area contributed by atoms with Gasteiger partial charge in [-0.2, -0.15) is 0 Å². The summed E-state index contributed by atoms with van der Waals surface area (Å²) in [6.07, 6.45) is 16.3. The highest BCUT2D eigenvalue weighted by atomic mass is 16.5. The van der Waals surface area contributed by atoms with Gasteiger partial charge < -0.3 is 18.9 Å². The summed E-state index contributed by atoms with van der Waals surface area (Å²) in [7, 11) is 3.27. The molecule has 1 fully saturated rings. The molecule has 8 heteroatoms. The quantitative estimate of drug-likeness (QED) is 0.0453. The van der Waals surface area contributed by atoms with E-state index in [0.717, 1.165) is 80.3 Å². The molecule has 8 nitrogen and oxygen atoms in total. The smallest absolute Gasteiger partial charge is 0.163 e. The first-order valence-electron chi connectivity index (χ1n) is 24.1. The number of aliphatic imine (C=N–C) groups is 2. The molecule has 1 heterocycles. The third kappa shape index (κ3) is 12.9. The Balaban J connectivity index is 1.22. The fraction of sp³-hybridized carbons (Fsp3) is 0.414. The van der Waals surface area contributed by atoms with E-state index in [4.69, 9.17) is 28.9 Å². The molecule has 6 rings (SSSR count). The van der Waals surface area contributed by atoms with Crippen molar-refractivity contribution in [2.75, 3.05) is 14.2 Å². The molecule has 1 aromatic heterocycles. The predicted molar refractivity (Wildman–Crippen MR) is 272 cm³/mol. The summed E-state index contributed by atoms with van der Waals surface area (Å²) in [6, 6.07) is 29.0. The first-order valence-corrected chi connectivity index (χ1v) is 24.1. The first-order chi connectivity index (χ1) is 32.1. The van der Waals surface area contributed by atoms with Gasteiger partial charge in [-0.1, -0.05) is 102 Å². The van der Waals surface area contributed by atoms with Crippen LogP contribution in [0.5, 0.6) is 23.0 Å². The summed E-state index contributed by atoms with van der Waals surface area (Å²) >= 11 is 0. The van der Waals surface area contributed by atoms with Crippen LogP contribution >= 0.6 is 0 Å². The Hall–Kier alpha value is -6.02. The van der Waals surface area contributed by atoms with Gasteiger partial charge in [-0.05, 0) is 135 Å². The Morgan fingerprint density at radius 2 is 1.27 bits per heavy atom. The number of nitrogens with zero attached hydrogens (tertiary/aromatic N) is 3. The minimum atomic E-state index is -0.0892. The molecule has 348 valence electrons. The zero-order chi connectivity index (χ0) is 47.0. The largest absolute Gasteiger partial charge is 0.493 e. The van der Waals surface area contributed by atoms with E-state index in [-0.39, 0.29) is 30.8 Å². The number of benzene rings is 4. The Morgan fingerprint density at radius 3 is 1.83 bits per heavy atom. The van der Waals surface area contributed by atoms with Crippen molar-refractivity contribution in [2.45, 2.75) is 126 Å². The molecule has 1 aliphatic rings. The van der Waals surface area contributed by atoms with Crippen LogP contribution in [0.4, 0.5) is 11.4 Å². The van der Waals surface area contributed by atoms with E-state index in [2.05, 4.69) is 107 Å². The number of hydrogen-bond donors (Lipinski definition) is 0. The normalized spacial score (nSPS) is 13.9. The predicted octanol–water partition coefficient (Wildman–Crippen LogP) is 14.5. The SMILES string of the molecule is CCCC(C=Nc1cc(OCc2ccnc(COc3cc(N=CC(Cc4ccccc4CC)C(C)CC)c(C(C)=C4CCC4)cc3OC)c2)c(OC)cc1C(C)=O)Cc1ccccc1CC. The number of hydrogen-bond acceptors (Lipinski definition) is 8. The monoisotopic (exact) mass is 890 g/mol. The summed E-state index contributed by atoms with van der Waals surface area (Å²) in [5, 5.41) is 0. The number of pyridine rings is 1. The number of Topliss-reactive ketones (excluding diaryl/α,β-unsaturated/α-hetero) is 1.